The highest BCUT2D eigenvalue weighted by molar-refractivity contribution is 6.43. The van der Waals surface area contributed by atoms with Crippen LogP contribution >= 0.6 is 23.2 Å². The van der Waals surface area contributed by atoms with E-state index in [1.165, 1.54) is 0 Å². The molecule has 1 heterocycles. The first-order valence-electron chi connectivity index (χ1n) is 7.36. The average Bonchev–Trinajstić information content (AvgIpc) is 2.60. The van der Waals surface area contributed by atoms with Crippen molar-refractivity contribution in [3.8, 4) is 0 Å². The number of anilines is 3. The maximum Gasteiger partial charge on any atom is 0.249 e. The van der Waals surface area contributed by atoms with Crippen molar-refractivity contribution in [2.24, 2.45) is 0 Å². The van der Waals surface area contributed by atoms with Crippen molar-refractivity contribution < 1.29 is 0 Å². The molecule has 0 bridgehead atoms. The van der Waals surface area contributed by atoms with Crippen molar-refractivity contribution in [3.05, 3.63) is 70.3 Å². The molecule has 0 fully saturated rings. The van der Waals surface area contributed by atoms with Crippen molar-refractivity contribution >= 4 is 40.7 Å². The van der Waals surface area contributed by atoms with Crippen LogP contribution in [0.5, 0.6) is 0 Å². The van der Waals surface area contributed by atoms with Crippen molar-refractivity contribution in [1.82, 2.24) is 15.2 Å². The predicted octanol–water partition coefficient (Wildman–Crippen LogP) is 5.10. The Morgan fingerprint density at radius 1 is 1.00 bits per heavy atom. The molecule has 24 heavy (non-hydrogen) atoms. The average molecular weight is 360 g/mol. The van der Waals surface area contributed by atoms with Crippen LogP contribution in [-0.2, 0) is 0 Å². The van der Waals surface area contributed by atoms with Gasteiger partial charge in [0, 0.05) is 6.04 Å². The first-order chi connectivity index (χ1) is 11.6. The Hall–Kier alpha value is -2.37. The van der Waals surface area contributed by atoms with Crippen LogP contribution in [0.15, 0.2) is 54.7 Å². The van der Waals surface area contributed by atoms with Crippen molar-refractivity contribution in [1.29, 1.82) is 0 Å². The van der Waals surface area contributed by atoms with E-state index in [1.54, 1.807) is 24.4 Å². The molecule has 2 aromatic carbocycles. The van der Waals surface area contributed by atoms with Crippen LogP contribution in [-0.4, -0.2) is 15.2 Å². The number of aromatic nitrogens is 3. The van der Waals surface area contributed by atoms with E-state index in [0.717, 1.165) is 5.56 Å². The molecule has 2 N–H and O–H groups in total. The minimum atomic E-state index is 0.0884. The number of halogens is 2. The summed E-state index contributed by atoms with van der Waals surface area (Å²) in [6.07, 6.45) is 1.57. The molecule has 3 rings (SSSR count). The lowest BCUT2D eigenvalue weighted by molar-refractivity contribution is 0.861. The van der Waals surface area contributed by atoms with E-state index in [9.17, 15) is 0 Å². The van der Waals surface area contributed by atoms with E-state index < -0.39 is 0 Å². The highest BCUT2D eigenvalue weighted by Gasteiger charge is 2.09. The van der Waals surface area contributed by atoms with Gasteiger partial charge in [0.1, 0.15) is 0 Å². The fraction of sp³-hybridized carbons (Fsp3) is 0.118. The van der Waals surface area contributed by atoms with Gasteiger partial charge in [0.15, 0.2) is 5.82 Å². The van der Waals surface area contributed by atoms with Crippen LogP contribution in [0.3, 0.4) is 0 Å². The summed E-state index contributed by atoms with van der Waals surface area (Å²) in [6.45, 7) is 2.05. The molecule has 0 spiro atoms. The van der Waals surface area contributed by atoms with Gasteiger partial charge in [-0.3, -0.25) is 0 Å². The molecule has 0 aliphatic heterocycles. The summed E-state index contributed by atoms with van der Waals surface area (Å²) in [4.78, 5) is 4.41. The summed E-state index contributed by atoms with van der Waals surface area (Å²) >= 11 is 12.2. The summed E-state index contributed by atoms with van der Waals surface area (Å²) < 4.78 is 0. The summed E-state index contributed by atoms with van der Waals surface area (Å²) in [5.41, 5.74) is 1.78. The Bertz CT molecular complexity index is 826. The molecule has 1 atom stereocenters. The number of rotatable bonds is 5. The van der Waals surface area contributed by atoms with Crippen LogP contribution in [0, 0.1) is 0 Å². The minimum absolute atomic E-state index is 0.0884. The predicted molar refractivity (Wildman–Crippen MR) is 98.1 cm³/mol. The summed E-state index contributed by atoms with van der Waals surface area (Å²) in [5, 5.41) is 15.1. The van der Waals surface area contributed by atoms with Crippen LogP contribution in [0.1, 0.15) is 18.5 Å². The minimum Gasteiger partial charge on any atom is -0.362 e. The molecule has 1 aromatic heterocycles. The van der Waals surface area contributed by atoms with E-state index in [1.807, 2.05) is 18.2 Å². The molecule has 0 aliphatic carbocycles. The molecule has 7 heteroatoms. The van der Waals surface area contributed by atoms with E-state index in [2.05, 4.69) is 44.9 Å². The van der Waals surface area contributed by atoms with Crippen LogP contribution < -0.4 is 10.6 Å². The lowest BCUT2D eigenvalue weighted by atomic mass is 10.1. The summed E-state index contributed by atoms with van der Waals surface area (Å²) in [7, 11) is 0. The van der Waals surface area contributed by atoms with Gasteiger partial charge >= 0.3 is 0 Å². The topological polar surface area (TPSA) is 62.7 Å². The Morgan fingerprint density at radius 3 is 2.58 bits per heavy atom. The van der Waals surface area contributed by atoms with Gasteiger partial charge in [-0.2, -0.15) is 10.1 Å². The van der Waals surface area contributed by atoms with Crippen molar-refractivity contribution in [3.63, 3.8) is 0 Å². The highest BCUT2D eigenvalue weighted by Crippen LogP contribution is 2.31. The normalized spacial score (nSPS) is 11.8. The number of benzene rings is 2. The number of hydrogen-bond acceptors (Lipinski definition) is 5. The Kier molecular flexibility index (Phi) is 5.13. The summed E-state index contributed by atoms with van der Waals surface area (Å²) in [5.74, 6) is 0.950. The number of nitrogens with zero attached hydrogens (tertiary/aromatic N) is 3. The molecule has 0 aliphatic rings. The third kappa shape index (κ3) is 3.93. The molecule has 1 unspecified atom stereocenters. The van der Waals surface area contributed by atoms with E-state index in [-0.39, 0.29) is 6.04 Å². The zero-order valence-corrected chi connectivity index (χ0v) is 14.4. The van der Waals surface area contributed by atoms with Gasteiger partial charge in [0.25, 0.3) is 0 Å². The van der Waals surface area contributed by atoms with Crippen LogP contribution in [0.4, 0.5) is 17.5 Å². The Balaban J connectivity index is 1.76. The maximum absolute atomic E-state index is 6.16. The largest absolute Gasteiger partial charge is 0.362 e. The molecular weight excluding hydrogens is 345 g/mol. The third-order valence-electron chi connectivity index (χ3n) is 3.42. The number of hydrogen-bond donors (Lipinski definition) is 2. The van der Waals surface area contributed by atoms with Gasteiger partial charge in [-0.15, -0.1) is 5.10 Å². The van der Waals surface area contributed by atoms with E-state index >= 15 is 0 Å². The van der Waals surface area contributed by atoms with Gasteiger partial charge in [-0.1, -0.05) is 59.6 Å². The first kappa shape index (κ1) is 16.5. The Labute approximate surface area is 150 Å². The van der Waals surface area contributed by atoms with Gasteiger partial charge in [0.05, 0.1) is 21.9 Å². The Morgan fingerprint density at radius 2 is 1.79 bits per heavy atom. The fourth-order valence-electron chi connectivity index (χ4n) is 2.19. The standard InChI is InChI=1S/C17H15Cl2N5/c1-11(12-6-3-2-4-7-12)21-15-10-20-24-17(23-15)22-14-9-5-8-13(18)16(14)19/h2-11H,1H3,(H2,21,22,23,24). The SMILES string of the molecule is CC(Nc1cnnc(Nc2cccc(Cl)c2Cl)n1)c1ccccc1. The smallest absolute Gasteiger partial charge is 0.249 e. The van der Waals surface area contributed by atoms with Crippen molar-refractivity contribution in [2.75, 3.05) is 10.6 Å². The second-order valence-electron chi connectivity index (χ2n) is 5.17. The highest BCUT2D eigenvalue weighted by atomic mass is 35.5. The molecule has 0 saturated carbocycles. The monoisotopic (exact) mass is 359 g/mol. The van der Waals surface area contributed by atoms with Gasteiger partial charge < -0.3 is 10.6 Å². The van der Waals surface area contributed by atoms with Crippen molar-refractivity contribution in [2.45, 2.75) is 13.0 Å². The summed E-state index contributed by atoms with van der Waals surface area (Å²) in [6, 6.07) is 15.5. The second kappa shape index (κ2) is 7.47. The molecule has 0 saturated heterocycles. The molecule has 3 aromatic rings. The van der Waals surface area contributed by atoms with Crippen LogP contribution in [0.2, 0.25) is 10.0 Å². The maximum atomic E-state index is 6.16. The van der Waals surface area contributed by atoms with Gasteiger partial charge in [-0.05, 0) is 24.6 Å². The zero-order valence-electron chi connectivity index (χ0n) is 12.9. The van der Waals surface area contributed by atoms with Crippen LogP contribution in [0.25, 0.3) is 0 Å². The van der Waals surface area contributed by atoms with E-state index in [0.29, 0.717) is 27.5 Å². The quantitative estimate of drug-likeness (QED) is 0.663. The molecule has 122 valence electrons. The van der Waals surface area contributed by atoms with Gasteiger partial charge in [0.2, 0.25) is 5.95 Å². The second-order valence-corrected chi connectivity index (χ2v) is 5.95. The molecule has 5 nitrogen and oxygen atoms in total. The molecule has 0 radical (unpaired) electrons. The fourth-order valence-corrected chi connectivity index (χ4v) is 2.54. The number of nitrogens with one attached hydrogen (secondary N) is 2. The first-order valence-corrected chi connectivity index (χ1v) is 8.11. The zero-order chi connectivity index (χ0) is 16.9. The van der Waals surface area contributed by atoms with Gasteiger partial charge in [-0.25, -0.2) is 0 Å². The lowest BCUT2D eigenvalue weighted by Gasteiger charge is -2.15. The third-order valence-corrected chi connectivity index (χ3v) is 4.24. The molecular formula is C17H15Cl2N5. The lowest BCUT2D eigenvalue weighted by Crippen LogP contribution is -2.10. The van der Waals surface area contributed by atoms with E-state index in [4.69, 9.17) is 23.2 Å². The molecule has 0 amide bonds.